The van der Waals surface area contributed by atoms with Crippen LogP contribution in [0.5, 0.6) is 0 Å². The van der Waals surface area contributed by atoms with Crippen molar-refractivity contribution in [3.05, 3.63) is 48.0 Å². The summed E-state index contributed by atoms with van der Waals surface area (Å²) >= 11 is 0. The van der Waals surface area contributed by atoms with Crippen LogP contribution in [-0.2, 0) is 20.2 Å². The van der Waals surface area contributed by atoms with E-state index in [0.717, 1.165) is 18.9 Å². The molecule has 178 valence electrons. The normalized spacial score (nSPS) is 18.1. The van der Waals surface area contributed by atoms with Gasteiger partial charge in [0.15, 0.2) is 0 Å². The Morgan fingerprint density at radius 3 is 2.62 bits per heavy atom. The smallest absolute Gasteiger partial charge is 0.410 e. The molecule has 1 saturated heterocycles. The Kier molecular flexibility index (Phi) is 10.1. The van der Waals surface area contributed by atoms with Crippen molar-refractivity contribution in [3.8, 4) is 0 Å². The van der Waals surface area contributed by atoms with Gasteiger partial charge >= 0.3 is 18.0 Å². The lowest BCUT2D eigenvalue weighted by Gasteiger charge is -2.33. The van der Waals surface area contributed by atoms with E-state index in [1.165, 1.54) is 35.2 Å². The molecule has 6 nitrogen and oxygen atoms in total. The fourth-order valence-corrected chi connectivity index (χ4v) is 3.51. The maximum atomic E-state index is 14.5. The van der Waals surface area contributed by atoms with Crippen molar-refractivity contribution in [2.45, 2.75) is 76.5 Å². The second-order valence-electron chi connectivity index (χ2n) is 8.19. The van der Waals surface area contributed by atoms with E-state index < -0.39 is 24.2 Å². The van der Waals surface area contributed by atoms with E-state index in [1.54, 1.807) is 6.07 Å². The van der Waals surface area contributed by atoms with Crippen LogP contribution in [0.25, 0.3) is 0 Å². The van der Waals surface area contributed by atoms with Gasteiger partial charge in [0.05, 0.1) is 18.8 Å². The molecule has 0 unspecified atom stereocenters. The topological polar surface area (TPSA) is 76.1 Å². The zero-order valence-corrected chi connectivity index (χ0v) is 18.7. The largest absolute Gasteiger partial charge is 0.463 e. The number of halogens is 2. The molecule has 1 amide bonds. The van der Waals surface area contributed by atoms with E-state index in [4.69, 9.17) is 9.47 Å². The minimum absolute atomic E-state index is 0.122. The maximum Gasteiger partial charge on any atom is 0.410 e. The molecule has 1 aliphatic heterocycles. The molecule has 0 bridgehead atoms. The molecule has 1 aliphatic rings. The van der Waals surface area contributed by atoms with Crippen LogP contribution in [0.3, 0.4) is 0 Å². The molecule has 1 fully saturated rings. The first kappa shape index (κ1) is 25.8. The minimum Gasteiger partial charge on any atom is -0.463 e. The number of unbranched alkanes of at least 4 members (excludes halogenated alkanes) is 3. The number of cyclic esters (lactones) is 1. The van der Waals surface area contributed by atoms with Crippen LogP contribution in [0.4, 0.5) is 13.6 Å². The fourth-order valence-electron chi connectivity index (χ4n) is 3.51. The van der Waals surface area contributed by atoms with E-state index in [-0.39, 0.29) is 24.2 Å². The number of carbonyl (C=O) groups is 2. The Bertz CT molecular complexity index is 754. The molecule has 0 aromatic heterocycles. The van der Waals surface area contributed by atoms with Crippen LogP contribution in [0, 0.1) is 0 Å². The lowest BCUT2D eigenvalue weighted by Crippen LogP contribution is -2.45. The number of nitrogens with zero attached hydrogens (tertiary/aromatic N) is 1. The highest BCUT2D eigenvalue weighted by molar-refractivity contribution is 5.69. The van der Waals surface area contributed by atoms with Gasteiger partial charge in [0.25, 0.3) is 0 Å². The molecule has 32 heavy (non-hydrogen) atoms. The standard InChI is InChI=1S/C24H33F2NO5/c1-18(2)32-22(29)12-8-3-4-9-16-27-20(15-17-31-23(27)30)13-14-21(28)24(25,26)19-10-6-5-7-11-19/h5-7,10-11,13-14,18,20-21,28H,3-4,8-9,12,15-17H2,1-2H3/b14-13+/t20-,21-/m0/s1. The van der Waals surface area contributed by atoms with E-state index in [1.807, 2.05) is 13.8 Å². The van der Waals surface area contributed by atoms with E-state index >= 15 is 0 Å². The van der Waals surface area contributed by atoms with Gasteiger partial charge in [-0.05, 0) is 26.7 Å². The number of ether oxygens (including phenoxy) is 2. The highest BCUT2D eigenvalue weighted by Crippen LogP contribution is 2.32. The molecule has 8 heteroatoms. The molecule has 1 aromatic rings. The maximum absolute atomic E-state index is 14.5. The van der Waals surface area contributed by atoms with Gasteiger partial charge in [0.2, 0.25) is 0 Å². The summed E-state index contributed by atoms with van der Waals surface area (Å²) in [7, 11) is 0. The van der Waals surface area contributed by atoms with Crippen molar-refractivity contribution >= 4 is 12.1 Å². The fraction of sp³-hybridized carbons (Fsp3) is 0.583. The predicted molar refractivity (Wildman–Crippen MR) is 116 cm³/mol. The summed E-state index contributed by atoms with van der Waals surface area (Å²) in [6, 6.07) is 6.73. The highest BCUT2D eigenvalue weighted by Gasteiger charge is 2.39. The molecule has 1 N–H and O–H groups in total. The molecule has 2 rings (SSSR count). The molecular weight excluding hydrogens is 420 g/mol. The van der Waals surface area contributed by atoms with Crippen molar-refractivity contribution in [3.63, 3.8) is 0 Å². The van der Waals surface area contributed by atoms with Gasteiger partial charge in [-0.3, -0.25) is 4.79 Å². The van der Waals surface area contributed by atoms with Crippen molar-refractivity contribution in [1.29, 1.82) is 0 Å². The summed E-state index contributed by atoms with van der Waals surface area (Å²) in [5.41, 5.74) is -0.269. The summed E-state index contributed by atoms with van der Waals surface area (Å²) < 4.78 is 39.2. The molecule has 0 spiro atoms. The number of hydrogen-bond donors (Lipinski definition) is 1. The first-order valence-electron chi connectivity index (χ1n) is 11.1. The number of aliphatic hydroxyl groups excluding tert-OH is 1. The van der Waals surface area contributed by atoms with Crippen LogP contribution in [0.1, 0.15) is 57.9 Å². The molecule has 0 radical (unpaired) electrons. The average molecular weight is 454 g/mol. The SMILES string of the molecule is CC(C)OC(=O)CCCCCCN1C(=O)OCC[C@@H]1/C=C/[C@H](O)C(F)(F)c1ccccc1. The van der Waals surface area contributed by atoms with Crippen molar-refractivity contribution < 1.29 is 33.0 Å². The van der Waals surface area contributed by atoms with Gasteiger partial charge in [-0.1, -0.05) is 55.3 Å². The van der Waals surface area contributed by atoms with Crippen molar-refractivity contribution in [1.82, 2.24) is 4.90 Å². The van der Waals surface area contributed by atoms with Crippen LogP contribution >= 0.6 is 0 Å². The second kappa shape index (κ2) is 12.5. The predicted octanol–water partition coefficient (Wildman–Crippen LogP) is 4.81. The molecule has 0 aliphatic carbocycles. The summed E-state index contributed by atoms with van der Waals surface area (Å²) in [5.74, 6) is -3.65. The number of esters is 1. The average Bonchev–Trinajstić information content (AvgIpc) is 2.75. The zero-order valence-electron chi connectivity index (χ0n) is 18.7. The van der Waals surface area contributed by atoms with E-state index in [9.17, 15) is 23.5 Å². The number of hydrogen-bond acceptors (Lipinski definition) is 5. The lowest BCUT2D eigenvalue weighted by atomic mass is 10.0. The Balaban J connectivity index is 1.83. The van der Waals surface area contributed by atoms with Crippen LogP contribution < -0.4 is 0 Å². The molecule has 0 saturated carbocycles. The van der Waals surface area contributed by atoms with Gasteiger partial charge in [-0.2, -0.15) is 8.78 Å². The molecule has 2 atom stereocenters. The summed E-state index contributed by atoms with van der Waals surface area (Å²) in [5, 5.41) is 10.1. The monoisotopic (exact) mass is 453 g/mol. The van der Waals surface area contributed by atoms with Crippen LogP contribution in [-0.4, -0.2) is 53.5 Å². The second-order valence-corrected chi connectivity index (χ2v) is 8.19. The van der Waals surface area contributed by atoms with Gasteiger partial charge in [-0.15, -0.1) is 0 Å². The number of alkyl halides is 2. The lowest BCUT2D eigenvalue weighted by molar-refractivity contribution is -0.147. The Labute approximate surface area is 188 Å². The Hall–Kier alpha value is -2.48. The number of carbonyl (C=O) groups excluding carboxylic acids is 2. The highest BCUT2D eigenvalue weighted by atomic mass is 19.3. The van der Waals surface area contributed by atoms with E-state index in [0.29, 0.717) is 32.2 Å². The first-order valence-corrected chi connectivity index (χ1v) is 11.1. The number of amides is 1. The third-order valence-corrected chi connectivity index (χ3v) is 5.22. The number of benzene rings is 1. The number of rotatable bonds is 12. The molecule has 1 heterocycles. The quantitative estimate of drug-likeness (QED) is 0.279. The third kappa shape index (κ3) is 7.89. The summed E-state index contributed by atoms with van der Waals surface area (Å²) in [4.78, 5) is 25.2. The van der Waals surface area contributed by atoms with Crippen molar-refractivity contribution in [2.24, 2.45) is 0 Å². The number of aliphatic hydroxyl groups is 1. The Morgan fingerprint density at radius 1 is 1.25 bits per heavy atom. The molecule has 1 aromatic carbocycles. The first-order chi connectivity index (χ1) is 15.2. The van der Waals surface area contributed by atoms with Crippen LogP contribution in [0.15, 0.2) is 42.5 Å². The Morgan fingerprint density at radius 2 is 1.94 bits per heavy atom. The van der Waals surface area contributed by atoms with Gasteiger partial charge in [0.1, 0.15) is 6.10 Å². The molecular formula is C24H33F2NO5. The van der Waals surface area contributed by atoms with Gasteiger partial charge in [0, 0.05) is 24.9 Å². The summed E-state index contributed by atoms with van der Waals surface area (Å²) in [6.45, 7) is 4.23. The zero-order chi connectivity index (χ0) is 23.6. The summed E-state index contributed by atoms with van der Waals surface area (Å²) in [6.07, 6.45) is 3.77. The van der Waals surface area contributed by atoms with Gasteiger partial charge < -0.3 is 19.5 Å². The van der Waals surface area contributed by atoms with Gasteiger partial charge in [-0.25, -0.2) is 4.79 Å². The minimum atomic E-state index is -3.44. The van der Waals surface area contributed by atoms with Crippen molar-refractivity contribution in [2.75, 3.05) is 13.2 Å². The third-order valence-electron chi connectivity index (χ3n) is 5.22. The van der Waals surface area contributed by atoms with Crippen LogP contribution in [0.2, 0.25) is 0 Å². The van der Waals surface area contributed by atoms with E-state index in [2.05, 4.69) is 0 Å².